The quantitative estimate of drug-likeness (QED) is 0.101. The van der Waals surface area contributed by atoms with Crippen molar-refractivity contribution >= 4 is 58.5 Å². The Morgan fingerprint density at radius 2 is 1.75 bits per heavy atom. The van der Waals surface area contributed by atoms with Crippen LogP contribution in [-0.2, 0) is 48.8 Å². The number of amides is 4. The van der Waals surface area contributed by atoms with Gasteiger partial charge in [0.25, 0.3) is 0 Å². The summed E-state index contributed by atoms with van der Waals surface area (Å²) in [6.45, 7) is 5.72. The second-order valence-corrected chi connectivity index (χ2v) is 11.2. The van der Waals surface area contributed by atoms with Gasteiger partial charge in [-0.2, -0.15) is 0 Å². The number of hydrogen-bond acceptors (Lipinski definition) is 8. The van der Waals surface area contributed by atoms with Crippen molar-refractivity contribution in [3.63, 3.8) is 0 Å². The number of nitrogens with two attached hydrogens (primary N) is 1. The molecule has 0 saturated heterocycles. The fourth-order valence-corrected chi connectivity index (χ4v) is 4.92. The van der Waals surface area contributed by atoms with Crippen molar-refractivity contribution in [1.82, 2.24) is 25.6 Å². The van der Waals surface area contributed by atoms with Gasteiger partial charge >= 0.3 is 12.0 Å². The second-order valence-electron chi connectivity index (χ2n) is 10.6. The Hall–Kier alpha value is -3.71. The topological polar surface area (TPSA) is 187 Å². The van der Waals surface area contributed by atoms with Crippen LogP contribution in [0, 0.1) is 11.8 Å². The number of Topliss-reactive ketones (excluding diaryl/α,β-unsaturated/α-hetero) is 1. The van der Waals surface area contributed by atoms with Gasteiger partial charge in [0.1, 0.15) is 12.3 Å². The molecular weight excluding hydrogens is 613 g/mol. The highest BCUT2D eigenvalue weighted by Crippen LogP contribution is 2.20. The lowest BCUT2D eigenvalue weighted by atomic mass is 9.89. The summed E-state index contributed by atoms with van der Waals surface area (Å²) in [5, 5.41) is 16.2. The Morgan fingerprint density at radius 3 is 2.34 bits per heavy atom. The number of aryl methyl sites for hydroxylation is 1. The van der Waals surface area contributed by atoms with Crippen LogP contribution in [0.1, 0.15) is 69.8 Å². The Balaban J connectivity index is 2.02. The molecule has 0 spiro atoms. The molecule has 0 bridgehead atoms. The fraction of sp³-hybridized carbons (Fsp3) is 0.552. The van der Waals surface area contributed by atoms with Gasteiger partial charge in [-0.1, -0.05) is 31.2 Å². The van der Waals surface area contributed by atoms with E-state index in [1.807, 2.05) is 13.8 Å². The van der Waals surface area contributed by atoms with Crippen LogP contribution in [-0.4, -0.2) is 57.2 Å². The van der Waals surface area contributed by atoms with Crippen LogP contribution in [0.2, 0.25) is 0 Å². The van der Waals surface area contributed by atoms with Gasteiger partial charge in [-0.3, -0.25) is 19.2 Å². The molecule has 4 amide bonds. The van der Waals surface area contributed by atoms with Gasteiger partial charge in [-0.25, -0.2) is 9.48 Å². The number of anilines is 1. The maximum atomic E-state index is 13.4. The predicted molar refractivity (Wildman–Crippen MR) is 166 cm³/mol. The summed E-state index contributed by atoms with van der Waals surface area (Å²) in [6.07, 6.45) is 1.18. The number of esters is 1. The number of halogens is 2. The Kier molecular flexibility index (Phi) is 15.6. The molecule has 2 atom stereocenters. The third kappa shape index (κ3) is 12.5. The van der Waals surface area contributed by atoms with E-state index in [1.165, 1.54) is 6.92 Å². The third-order valence-corrected chi connectivity index (χ3v) is 7.29. The maximum Gasteiger partial charge on any atom is 0.312 e. The van der Waals surface area contributed by atoms with Crippen LogP contribution < -0.4 is 21.7 Å². The molecular formula is C29H41Cl2N7O6. The van der Waals surface area contributed by atoms with Crippen molar-refractivity contribution < 1.29 is 28.7 Å². The number of nitrogens with one attached hydrogen (secondary N) is 3. The first kappa shape index (κ1) is 36.5. The van der Waals surface area contributed by atoms with E-state index in [9.17, 15) is 24.0 Å². The van der Waals surface area contributed by atoms with E-state index in [0.29, 0.717) is 42.9 Å². The molecule has 0 aliphatic heterocycles. The lowest BCUT2D eigenvalue weighted by Crippen LogP contribution is -2.45. The van der Waals surface area contributed by atoms with E-state index in [2.05, 4.69) is 26.3 Å². The number of rotatable bonds is 19. The normalized spacial score (nSPS) is 12.3. The number of ether oxygens (including phenoxy) is 1. The molecule has 0 fully saturated rings. The highest BCUT2D eigenvalue weighted by Gasteiger charge is 2.29. The first-order chi connectivity index (χ1) is 20.9. The van der Waals surface area contributed by atoms with E-state index >= 15 is 0 Å². The molecule has 1 aromatic heterocycles. The van der Waals surface area contributed by atoms with Crippen molar-refractivity contribution in [2.24, 2.45) is 17.6 Å². The molecule has 5 N–H and O–H groups in total. The van der Waals surface area contributed by atoms with Crippen LogP contribution in [0.5, 0.6) is 0 Å². The Bertz CT molecular complexity index is 1270. The number of ketones is 1. The molecule has 242 valence electrons. The molecule has 1 heterocycles. The SMILES string of the molecule is CC(=O)OCc1ccc(NC(=O)[C@H](CCCNC(N)=O)CC(=O)[C@@H](NC(=O)CCCn2nnc(CCl)c2CCl)C(C)C)cc1. The summed E-state index contributed by atoms with van der Waals surface area (Å²) in [5.74, 6) is -1.92. The number of nitrogens with zero attached hydrogens (tertiary/aromatic N) is 3. The molecule has 0 aliphatic carbocycles. The number of aromatic nitrogens is 3. The number of urea groups is 1. The zero-order chi connectivity index (χ0) is 32.6. The minimum atomic E-state index is -0.797. The largest absolute Gasteiger partial charge is 0.461 e. The first-order valence-corrected chi connectivity index (χ1v) is 15.4. The number of primary amides is 1. The predicted octanol–water partition coefficient (Wildman–Crippen LogP) is 3.40. The van der Waals surface area contributed by atoms with Crippen molar-refractivity contribution in [3.8, 4) is 0 Å². The molecule has 0 saturated carbocycles. The average Bonchev–Trinajstić information content (AvgIpc) is 3.38. The Morgan fingerprint density at radius 1 is 1.05 bits per heavy atom. The van der Waals surface area contributed by atoms with E-state index in [4.69, 9.17) is 33.7 Å². The molecule has 1 aromatic carbocycles. The monoisotopic (exact) mass is 653 g/mol. The third-order valence-electron chi connectivity index (χ3n) is 6.79. The minimum Gasteiger partial charge on any atom is -0.461 e. The first-order valence-electron chi connectivity index (χ1n) is 14.4. The van der Waals surface area contributed by atoms with Crippen molar-refractivity contribution in [3.05, 3.63) is 41.2 Å². The highest BCUT2D eigenvalue weighted by atomic mass is 35.5. The van der Waals surface area contributed by atoms with Gasteiger partial charge in [0, 0.05) is 44.5 Å². The zero-order valence-corrected chi connectivity index (χ0v) is 26.7. The number of hydrogen-bond donors (Lipinski definition) is 4. The van der Waals surface area contributed by atoms with Crippen LogP contribution in [0.4, 0.5) is 10.5 Å². The standard InChI is InChI=1S/C29H41Cl2N7O6/c1-18(2)27(35-26(41)7-5-13-38-24(16-31)23(15-30)36-37-38)25(40)14-21(6-4-12-33-29(32)43)28(42)34-22-10-8-20(9-11-22)17-44-19(3)39/h8-11,18,21,27H,4-7,12-17H2,1-3H3,(H,34,42)(H,35,41)(H3,32,33,43)/t21-,27+/m1/s1. The molecule has 2 aromatic rings. The van der Waals surface area contributed by atoms with Crippen molar-refractivity contribution in [2.75, 3.05) is 11.9 Å². The van der Waals surface area contributed by atoms with Gasteiger partial charge in [-0.15, -0.1) is 28.3 Å². The second kappa shape index (κ2) is 18.8. The van der Waals surface area contributed by atoms with Gasteiger partial charge in [0.05, 0.1) is 23.5 Å². The van der Waals surface area contributed by atoms with E-state index in [-0.39, 0.29) is 61.3 Å². The van der Waals surface area contributed by atoms with Gasteiger partial charge in [-0.05, 0) is 42.9 Å². The van der Waals surface area contributed by atoms with Gasteiger partial charge < -0.3 is 26.4 Å². The van der Waals surface area contributed by atoms with E-state index in [1.54, 1.807) is 28.9 Å². The summed E-state index contributed by atoms with van der Waals surface area (Å²) < 4.78 is 6.60. The summed E-state index contributed by atoms with van der Waals surface area (Å²) >= 11 is 11.8. The van der Waals surface area contributed by atoms with Crippen LogP contribution >= 0.6 is 23.2 Å². The van der Waals surface area contributed by atoms with Crippen LogP contribution in [0.25, 0.3) is 0 Å². The molecule has 0 radical (unpaired) electrons. The fourth-order valence-electron chi connectivity index (χ4n) is 4.42. The van der Waals surface area contributed by atoms with Gasteiger partial charge in [0.2, 0.25) is 11.8 Å². The van der Waals surface area contributed by atoms with Gasteiger partial charge in [0.15, 0.2) is 5.78 Å². The molecule has 0 aliphatic rings. The van der Waals surface area contributed by atoms with Crippen molar-refractivity contribution in [1.29, 1.82) is 0 Å². The van der Waals surface area contributed by atoms with Crippen LogP contribution in [0.15, 0.2) is 24.3 Å². The summed E-state index contributed by atoms with van der Waals surface area (Å²) in [4.78, 5) is 61.6. The molecule has 0 unspecified atom stereocenters. The highest BCUT2D eigenvalue weighted by molar-refractivity contribution is 6.18. The molecule has 13 nitrogen and oxygen atoms in total. The number of carbonyl (C=O) groups excluding carboxylic acids is 5. The number of alkyl halides is 2. The van der Waals surface area contributed by atoms with Crippen LogP contribution in [0.3, 0.4) is 0 Å². The lowest BCUT2D eigenvalue weighted by Gasteiger charge is -2.24. The summed E-state index contributed by atoms with van der Waals surface area (Å²) in [6, 6.07) is 5.31. The number of carbonyl (C=O) groups is 5. The summed E-state index contributed by atoms with van der Waals surface area (Å²) in [7, 11) is 0. The van der Waals surface area contributed by atoms with E-state index in [0.717, 1.165) is 5.56 Å². The number of benzene rings is 1. The maximum absolute atomic E-state index is 13.4. The molecule has 44 heavy (non-hydrogen) atoms. The zero-order valence-electron chi connectivity index (χ0n) is 25.2. The average molecular weight is 655 g/mol. The molecule has 2 rings (SSSR count). The lowest BCUT2D eigenvalue weighted by molar-refractivity contribution is -0.142. The minimum absolute atomic E-state index is 0.111. The smallest absolute Gasteiger partial charge is 0.312 e. The Labute approximate surface area is 266 Å². The van der Waals surface area contributed by atoms with Crippen molar-refractivity contribution in [2.45, 2.75) is 83.8 Å². The summed E-state index contributed by atoms with van der Waals surface area (Å²) in [5.41, 5.74) is 7.69. The molecule has 15 heteroatoms. The van der Waals surface area contributed by atoms with E-state index < -0.39 is 24.0 Å².